The fraction of sp³-hybridized carbons (Fsp3) is 0.333. The van der Waals surface area contributed by atoms with Gasteiger partial charge in [0.05, 0.1) is 23.1 Å². The van der Waals surface area contributed by atoms with Gasteiger partial charge in [0.1, 0.15) is 6.56 Å². The molecular weight excluding hydrogens is 365 g/mol. The Morgan fingerprint density at radius 2 is 1.50 bits per heavy atom. The molecule has 132 valence electrons. The molecule has 1 aromatic rings. The highest BCUT2D eigenvalue weighted by Crippen LogP contribution is 2.29. The average molecular weight is 377 g/mol. The molecule has 0 N–H and O–H groups in total. The number of alkyl halides is 5. The molecule has 1 aliphatic rings. The van der Waals surface area contributed by atoms with Crippen molar-refractivity contribution < 1.29 is 49.6 Å². The first kappa shape index (κ1) is 13.2. The van der Waals surface area contributed by atoms with E-state index in [0.29, 0.717) is 0 Å². The normalized spacial score (nSPS) is 19.5. The van der Waals surface area contributed by atoms with Crippen LogP contribution in [0.5, 0.6) is 0 Å². The number of imide groups is 1. The molecule has 0 bridgehead atoms. The van der Waals surface area contributed by atoms with E-state index in [1.54, 1.807) is 0 Å². The van der Waals surface area contributed by atoms with Crippen LogP contribution in [0.3, 0.4) is 0 Å². The third kappa shape index (κ3) is 3.38. The van der Waals surface area contributed by atoms with Crippen molar-refractivity contribution in [3.63, 3.8) is 0 Å². The summed E-state index contributed by atoms with van der Waals surface area (Å²) in [5.74, 6) is -8.99. The van der Waals surface area contributed by atoms with Gasteiger partial charge >= 0.3 is 15.6 Å². The van der Waals surface area contributed by atoms with Crippen molar-refractivity contribution in [1.82, 2.24) is 4.90 Å². The molecule has 0 fully saturated rings. The molecule has 0 saturated carbocycles. The highest BCUT2D eigenvalue weighted by molar-refractivity contribution is 7.87. The van der Waals surface area contributed by atoms with Crippen molar-refractivity contribution in [2.75, 3.05) is 13.1 Å². The lowest BCUT2D eigenvalue weighted by atomic mass is 10.1. The van der Waals surface area contributed by atoms with Gasteiger partial charge in [0.25, 0.3) is 17.7 Å². The number of rotatable bonds is 5. The van der Waals surface area contributed by atoms with Crippen molar-refractivity contribution in [3.8, 4) is 0 Å². The van der Waals surface area contributed by atoms with E-state index in [0.717, 1.165) is 12.1 Å². The molecule has 0 unspecified atom stereocenters. The Balaban J connectivity index is 2.50. The summed E-state index contributed by atoms with van der Waals surface area (Å²) in [6.45, 7) is -9.73. The predicted octanol–water partition coefficient (Wildman–Crippen LogP) is 1.78. The van der Waals surface area contributed by atoms with Crippen molar-refractivity contribution in [2.24, 2.45) is 0 Å². The highest BCUT2D eigenvalue weighted by atomic mass is 32.2. The first-order chi connectivity index (χ1) is 12.4. The van der Waals surface area contributed by atoms with Crippen molar-refractivity contribution in [3.05, 3.63) is 35.4 Å². The standard InChI is InChI=1S/C12H8F5NO5S/c13-11(14,6-23-24(21,22)12(15,16)17)5-18-9(19)7-3-1-2-4-8(7)10(18)20/h1-4H,5-6H2/i5D2,6D2. The maximum absolute atomic E-state index is 14.5. The molecule has 0 spiro atoms. The van der Waals surface area contributed by atoms with Crippen LogP contribution in [-0.2, 0) is 14.3 Å². The Kier molecular flexibility index (Phi) is 3.18. The zero-order chi connectivity index (χ0) is 21.9. The van der Waals surface area contributed by atoms with E-state index >= 15 is 0 Å². The zero-order valence-electron chi connectivity index (χ0n) is 15.1. The fourth-order valence-electron chi connectivity index (χ4n) is 1.61. The minimum Gasteiger partial charge on any atom is -0.269 e. The van der Waals surface area contributed by atoms with Gasteiger partial charge in [-0.25, -0.2) is 8.78 Å². The first-order valence-corrected chi connectivity index (χ1v) is 7.17. The maximum Gasteiger partial charge on any atom is 0.523 e. The van der Waals surface area contributed by atoms with Gasteiger partial charge in [-0.3, -0.25) is 18.7 Å². The van der Waals surface area contributed by atoms with Crippen molar-refractivity contribution in [2.45, 2.75) is 11.4 Å². The lowest BCUT2D eigenvalue weighted by Crippen LogP contribution is -2.44. The monoisotopic (exact) mass is 377 g/mol. The third-order valence-corrected chi connectivity index (χ3v) is 3.48. The maximum atomic E-state index is 14.5. The molecule has 6 nitrogen and oxygen atoms in total. The summed E-state index contributed by atoms with van der Waals surface area (Å²) < 4.78 is 119. The van der Waals surface area contributed by atoms with E-state index in [9.17, 15) is 40.0 Å². The van der Waals surface area contributed by atoms with Crippen LogP contribution in [0, 0.1) is 0 Å². The van der Waals surface area contributed by atoms with Crippen LogP contribution in [0.4, 0.5) is 22.0 Å². The molecule has 0 aliphatic carbocycles. The van der Waals surface area contributed by atoms with Crippen molar-refractivity contribution in [1.29, 1.82) is 0 Å². The number of halogens is 5. The largest absolute Gasteiger partial charge is 0.523 e. The van der Waals surface area contributed by atoms with Crippen LogP contribution >= 0.6 is 0 Å². The minimum absolute atomic E-state index is 0.517. The predicted molar refractivity (Wildman–Crippen MR) is 67.7 cm³/mol. The number of hydrogen-bond donors (Lipinski definition) is 0. The lowest BCUT2D eigenvalue weighted by Gasteiger charge is -2.22. The summed E-state index contributed by atoms with van der Waals surface area (Å²) in [6, 6.07) is 4.37. The van der Waals surface area contributed by atoms with Gasteiger partial charge in [0, 0.05) is 0 Å². The average Bonchev–Trinajstić information content (AvgIpc) is 2.77. The molecule has 0 aromatic heterocycles. The van der Waals surface area contributed by atoms with Crippen molar-refractivity contribution >= 4 is 21.9 Å². The van der Waals surface area contributed by atoms with Crippen LogP contribution in [0.15, 0.2) is 24.3 Å². The van der Waals surface area contributed by atoms with Gasteiger partial charge < -0.3 is 0 Å². The number of benzene rings is 1. The Morgan fingerprint density at radius 3 is 1.92 bits per heavy atom. The zero-order valence-corrected chi connectivity index (χ0v) is 11.9. The molecule has 24 heavy (non-hydrogen) atoms. The van der Waals surface area contributed by atoms with E-state index in [4.69, 9.17) is 5.48 Å². The second kappa shape index (κ2) is 5.77. The summed E-state index contributed by atoms with van der Waals surface area (Å²) in [7, 11) is -6.91. The minimum atomic E-state index is -6.91. The van der Waals surface area contributed by atoms with Gasteiger partial charge in [-0.1, -0.05) is 12.1 Å². The Morgan fingerprint density at radius 1 is 1.04 bits per heavy atom. The van der Waals surface area contributed by atoms with Crippen LogP contribution in [0.1, 0.15) is 26.2 Å². The smallest absolute Gasteiger partial charge is 0.269 e. The molecular formula is C12H8F5NO5S. The van der Waals surface area contributed by atoms with Crippen LogP contribution in [0.25, 0.3) is 0 Å². The Labute approximate surface area is 137 Å². The van der Waals surface area contributed by atoms with Crippen LogP contribution in [-0.4, -0.2) is 49.6 Å². The summed E-state index contributed by atoms with van der Waals surface area (Å²) in [5, 5.41) is 0. The molecule has 0 atom stereocenters. The number of carbonyl (C=O) groups is 2. The van der Waals surface area contributed by atoms with E-state index in [1.807, 2.05) is 0 Å². The second-order valence-electron chi connectivity index (χ2n) is 4.26. The van der Waals surface area contributed by atoms with Gasteiger partial charge in [0.2, 0.25) is 0 Å². The lowest BCUT2D eigenvalue weighted by molar-refractivity contribution is -0.0770. The fourth-order valence-corrected chi connectivity index (χ4v) is 1.92. The van der Waals surface area contributed by atoms with Crippen LogP contribution in [0.2, 0.25) is 0 Å². The number of fused-ring (bicyclic) bond motifs is 1. The van der Waals surface area contributed by atoms with E-state index in [2.05, 4.69) is 4.18 Å². The molecule has 2 rings (SSSR count). The summed E-state index contributed by atoms with van der Waals surface area (Å²) in [6.07, 6.45) is 0. The summed E-state index contributed by atoms with van der Waals surface area (Å²) >= 11 is 0. The second-order valence-corrected chi connectivity index (χ2v) is 5.80. The molecule has 1 heterocycles. The topological polar surface area (TPSA) is 80.8 Å². The SMILES string of the molecule is [2H]C([2H])(OS(=O)(=O)C(F)(F)F)C(F)(F)C([2H])([2H])N1C(=O)c2ccccc2C1=O. The third-order valence-electron chi connectivity index (χ3n) is 2.61. The van der Waals surface area contributed by atoms with Crippen LogP contribution < -0.4 is 0 Å². The van der Waals surface area contributed by atoms with Gasteiger partial charge in [-0.2, -0.15) is 21.6 Å². The van der Waals surface area contributed by atoms with E-state index in [1.165, 1.54) is 12.1 Å². The Hall–Kier alpha value is -2.08. The quantitative estimate of drug-likeness (QED) is 0.338. The molecule has 1 aliphatic heterocycles. The number of carbonyl (C=O) groups excluding carboxylic acids is 2. The molecule has 2 amide bonds. The van der Waals surface area contributed by atoms with E-state index in [-0.39, 0.29) is 0 Å². The van der Waals surface area contributed by atoms with Gasteiger partial charge in [0.15, 0.2) is 0 Å². The highest BCUT2D eigenvalue weighted by Gasteiger charge is 2.50. The summed E-state index contributed by atoms with van der Waals surface area (Å²) in [5.41, 5.74) is -7.33. The summed E-state index contributed by atoms with van der Waals surface area (Å²) in [4.78, 5) is 23.6. The first-order valence-electron chi connectivity index (χ1n) is 7.76. The molecule has 1 aromatic carbocycles. The molecule has 0 radical (unpaired) electrons. The molecule has 12 heteroatoms. The number of nitrogens with zero attached hydrogens (tertiary/aromatic N) is 1. The molecule has 0 saturated heterocycles. The number of hydrogen-bond acceptors (Lipinski definition) is 5. The van der Waals surface area contributed by atoms with Gasteiger partial charge in [-0.15, -0.1) is 0 Å². The van der Waals surface area contributed by atoms with E-state index < -0.39 is 62.4 Å². The Bertz CT molecular complexity index is 915. The number of amides is 2. The van der Waals surface area contributed by atoms with Gasteiger partial charge in [-0.05, 0) is 12.1 Å².